The summed E-state index contributed by atoms with van der Waals surface area (Å²) in [6.45, 7) is 2.77. The molecule has 132 valence electrons. The van der Waals surface area contributed by atoms with Crippen LogP contribution in [0.5, 0.6) is 0 Å². The number of benzene rings is 1. The fourth-order valence-electron chi connectivity index (χ4n) is 3.23. The zero-order valence-electron chi connectivity index (χ0n) is 14.1. The predicted octanol–water partition coefficient (Wildman–Crippen LogP) is 4.07. The SMILES string of the molecule is O=C(c1csc(-c2cccc(Cl)c2)n1)N1CCC(NCC2CC2)CC1. The lowest BCUT2D eigenvalue weighted by Crippen LogP contribution is -2.45. The van der Waals surface area contributed by atoms with Crippen LogP contribution >= 0.6 is 22.9 Å². The van der Waals surface area contributed by atoms with E-state index in [1.165, 1.54) is 24.2 Å². The first-order valence-corrected chi connectivity index (χ1v) is 10.2. The third-order valence-electron chi connectivity index (χ3n) is 4.97. The molecule has 6 heteroatoms. The largest absolute Gasteiger partial charge is 0.337 e. The average Bonchev–Trinajstić information content (AvgIpc) is 3.33. The van der Waals surface area contributed by atoms with Crippen molar-refractivity contribution in [2.45, 2.75) is 31.7 Å². The van der Waals surface area contributed by atoms with Gasteiger partial charge in [-0.2, -0.15) is 0 Å². The van der Waals surface area contributed by atoms with Gasteiger partial charge in [0.25, 0.3) is 5.91 Å². The quantitative estimate of drug-likeness (QED) is 0.856. The van der Waals surface area contributed by atoms with Crippen molar-refractivity contribution in [3.63, 3.8) is 0 Å². The average molecular weight is 376 g/mol. The van der Waals surface area contributed by atoms with Crippen LogP contribution in [-0.4, -0.2) is 41.5 Å². The van der Waals surface area contributed by atoms with Gasteiger partial charge in [-0.25, -0.2) is 4.98 Å². The Bertz CT molecular complexity index is 751. The fourth-order valence-corrected chi connectivity index (χ4v) is 4.21. The minimum Gasteiger partial charge on any atom is -0.337 e. The predicted molar refractivity (Wildman–Crippen MR) is 102 cm³/mol. The Hall–Kier alpha value is -1.43. The van der Waals surface area contributed by atoms with E-state index in [1.807, 2.05) is 34.5 Å². The number of nitrogens with zero attached hydrogens (tertiary/aromatic N) is 2. The molecule has 2 aromatic rings. The molecule has 1 saturated carbocycles. The van der Waals surface area contributed by atoms with Gasteiger partial charge in [-0.3, -0.25) is 4.79 Å². The van der Waals surface area contributed by atoms with E-state index in [0.29, 0.717) is 16.8 Å². The molecule has 25 heavy (non-hydrogen) atoms. The van der Waals surface area contributed by atoms with Crippen LogP contribution in [0.25, 0.3) is 10.6 Å². The van der Waals surface area contributed by atoms with E-state index in [-0.39, 0.29) is 5.91 Å². The first kappa shape index (κ1) is 17.0. The standard InChI is InChI=1S/C19H22ClN3OS/c20-15-3-1-2-14(10-15)18-22-17(12-25-18)19(24)23-8-6-16(7-9-23)21-11-13-4-5-13/h1-3,10,12-13,16,21H,4-9,11H2. The molecule has 0 radical (unpaired) electrons. The van der Waals surface area contributed by atoms with Crippen molar-refractivity contribution in [3.05, 3.63) is 40.4 Å². The molecule has 2 aliphatic rings. The highest BCUT2D eigenvalue weighted by atomic mass is 35.5. The number of hydrogen-bond donors (Lipinski definition) is 1. The summed E-state index contributed by atoms with van der Waals surface area (Å²) in [5.74, 6) is 0.949. The fraction of sp³-hybridized carbons (Fsp3) is 0.474. The van der Waals surface area contributed by atoms with Crippen LogP contribution in [0.4, 0.5) is 0 Å². The molecule has 2 fully saturated rings. The molecule has 0 unspecified atom stereocenters. The first-order chi connectivity index (χ1) is 12.2. The third-order valence-corrected chi connectivity index (χ3v) is 6.10. The number of nitrogens with one attached hydrogen (secondary N) is 1. The van der Waals surface area contributed by atoms with Crippen molar-refractivity contribution in [2.75, 3.05) is 19.6 Å². The summed E-state index contributed by atoms with van der Waals surface area (Å²) < 4.78 is 0. The normalized spacial score (nSPS) is 18.5. The summed E-state index contributed by atoms with van der Waals surface area (Å²) in [6.07, 6.45) is 4.82. The summed E-state index contributed by atoms with van der Waals surface area (Å²) in [5.41, 5.74) is 1.50. The van der Waals surface area contributed by atoms with Crippen molar-refractivity contribution in [1.82, 2.24) is 15.2 Å². The van der Waals surface area contributed by atoms with Crippen LogP contribution in [0.1, 0.15) is 36.2 Å². The van der Waals surface area contributed by atoms with Gasteiger partial charge in [-0.15, -0.1) is 11.3 Å². The van der Waals surface area contributed by atoms with Crippen molar-refractivity contribution >= 4 is 28.8 Å². The summed E-state index contributed by atoms with van der Waals surface area (Å²) in [6, 6.07) is 8.15. The van der Waals surface area contributed by atoms with E-state index in [9.17, 15) is 4.79 Å². The van der Waals surface area contributed by atoms with E-state index >= 15 is 0 Å². The van der Waals surface area contributed by atoms with Crippen molar-refractivity contribution in [3.8, 4) is 10.6 Å². The Morgan fingerprint density at radius 1 is 1.28 bits per heavy atom. The second-order valence-corrected chi connectivity index (χ2v) is 8.26. The molecule has 0 atom stereocenters. The Balaban J connectivity index is 1.35. The highest BCUT2D eigenvalue weighted by Gasteiger charge is 2.27. The summed E-state index contributed by atoms with van der Waals surface area (Å²) in [5, 5.41) is 7.03. The second-order valence-electron chi connectivity index (χ2n) is 6.97. The zero-order valence-corrected chi connectivity index (χ0v) is 15.7. The van der Waals surface area contributed by atoms with E-state index in [1.54, 1.807) is 0 Å². The van der Waals surface area contributed by atoms with Crippen molar-refractivity contribution in [2.24, 2.45) is 5.92 Å². The van der Waals surface area contributed by atoms with Gasteiger partial charge in [0, 0.05) is 35.1 Å². The lowest BCUT2D eigenvalue weighted by Gasteiger charge is -2.32. The van der Waals surface area contributed by atoms with Gasteiger partial charge in [-0.1, -0.05) is 23.7 Å². The van der Waals surface area contributed by atoms with Crippen LogP contribution in [0.2, 0.25) is 5.02 Å². The molecule has 0 spiro atoms. The molecule has 4 nitrogen and oxygen atoms in total. The highest BCUT2D eigenvalue weighted by molar-refractivity contribution is 7.13. The molecule has 0 bridgehead atoms. The Labute approximate surface area is 157 Å². The number of halogens is 1. The Kier molecular flexibility index (Phi) is 5.06. The van der Waals surface area contributed by atoms with Gasteiger partial charge >= 0.3 is 0 Å². The van der Waals surface area contributed by atoms with Gasteiger partial charge in [0.1, 0.15) is 10.7 Å². The van der Waals surface area contributed by atoms with Crippen molar-refractivity contribution in [1.29, 1.82) is 0 Å². The number of carbonyl (C=O) groups excluding carboxylic acids is 1. The highest BCUT2D eigenvalue weighted by Crippen LogP contribution is 2.29. The number of amides is 1. The molecule has 1 aliphatic carbocycles. The van der Waals surface area contributed by atoms with Crippen LogP contribution in [0.15, 0.2) is 29.6 Å². The first-order valence-electron chi connectivity index (χ1n) is 8.93. The van der Waals surface area contributed by atoms with Crippen LogP contribution < -0.4 is 5.32 Å². The molecule has 1 amide bonds. The molecular formula is C19H22ClN3OS. The van der Waals surface area contributed by atoms with Gasteiger partial charge < -0.3 is 10.2 Å². The Morgan fingerprint density at radius 2 is 2.08 bits per heavy atom. The molecule has 4 rings (SSSR count). The van der Waals surface area contributed by atoms with Gasteiger partial charge in [0.05, 0.1) is 0 Å². The van der Waals surface area contributed by atoms with E-state index in [0.717, 1.165) is 49.0 Å². The number of aromatic nitrogens is 1. The molecule has 1 saturated heterocycles. The number of hydrogen-bond acceptors (Lipinski definition) is 4. The maximum atomic E-state index is 12.7. The molecule has 1 aromatic heterocycles. The smallest absolute Gasteiger partial charge is 0.273 e. The lowest BCUT2D eigenvalue weighted by atomic mass is 10.0. The van der Waals surface area contributed by atoms with Crippen LogP contribution in [-0.2, 0) is 0 Å². The summed E-state index contributed by atoms with van der Waals surface area (Å²) in [7, 11) is 0. The Morgan fingerprint density at radius 3 is 2.80 bits per heavy atom. The number of likely N-dealkylation sites (tertiary alicyclic amines) is 1. The van der Waals surface area contributed by atoms with Crippen molar-refractivity contribution < 1.29 is 4.79 Å². The van der Waals surface area contributed by atoms with E-state index in [2.05, 4.69) is 10.3 Å². The zero-order chi connectivity index (χ0) is 17.2. The second kappa shape index (κ2) is 7.44. The minimum absolute atomic E-state index is 0.0465. The van der Waals surface area contributed by atoms with Crippen LogP contribution in [0.3, 0.4) is 0 Å². The maximum absolute atomic E-state index is 12.7. The maximum Gasteiger partial charge on any atom is 0.273 e. The third kappa shape index (κ3) is 4.22. The summed E-state index contributed by atoms with van der Waals surface area (Å²) >= 11 is 7.54. The van der Waals surface area contributed by atoms with Crippen LogP contribution in [0, 0.1) is 5.92 Å². The number of thiazole rings is 1. The molecule has 1 aromatic carbocycles. The molecular weight excluding hydrogens is 354 g/mol. The number of carbonyl (C=O) groups is 1. The monoisotopic (exact) mass is 375 g/mol. The molecule has 1 N–H and O–H groups in total. The van der Waals surface area contributed by atoms with E-state index < -0.39 is 0 Å². The molecule has 2 heterocycles. The summed E-state index contributed by atoms with van der Waals surface area (Å²) in [4.78, 5) is 19.2. The van der Waals surface area contributed by atoms with E-state index in [4.69, 9.17) is 11.6 Å². The topological polar surface area (TPSA) is 45.2 Å². The van der Waals surface area contributed by atoms with Gasteiger partial charge in [0.2, 0.25) is 0 Å². The number of piperidine rings is 1. The molecule has 1 aliphatic heterocycles. The van der Waals surface area contributed by atoms with Gasteiger partial charge in [0.15, 0.2) is 0 Å². The van der Waals surface area contributed by atoms with Gasteiger partial charge in [-0.05, 0) is 50.3 Å². The lowest BCUT2D eigenvalue weighted by molar-refractivity contribution is 0.0700. The number of rotatable bonds is 5. The minimum atomic E-state index is 0.0465.